The average molecular weight is 440 g/mol. The summed E-state index contributed by atoms with van der Waals surface area (Å²) in [5.74, 6) is 1.74. The Bertz CT molecular complexity index is 961. The number of hydrogen-bond donors (Lipinski definition) is 2. The lowest BCUT2D eigenvalue weighted by atomic mass is 10.1. The molecule has 3 fully saturated rings. The molecule has 8 nitrogen and oxygen atoms in total. The zero-order valence-corrected chi connectivity index (χ0v) is 18.0. The second kappa shape index (κ2) is 10.0. The number of benzene rings is 2. The number of primary amides is 1. The van der Waals surface area contributed by atoms with E-state index in [1.165, 1.54) is 0 Å². The molecule has 2 saturated heterocycles. The van der Waals surface area contributed by atoms with Crippen molar-refractivity contribution in [1.82, 2.24) is 5.32 Å². The zero-order valence-electron chi connectivity index (χ0n) is 18.0. The van der Waals surface area contributed by atoms with Crippen LogP contribution in [0.15, 0.2) is 48.5 Å². The van der Waals surface area contributed by atoms with Gasteiger partial charge in [0, 0.05) is 18.1 Å². The highest BCUT2D eigenvalue weighted by Crippen LogP contribution is 2.31. The van der Waals surface area contributed by atoms with Gasteiger partial charge in [0.1, 0.15) is 11.9 Å². The minimum absolute atomic E-state index is 0.0491. The fraction of sp³-hybridized carbons (Fsp3) is 0.417. The summed E-state index contributed by atoms with van der Waals surface area (Å²) in [4.78, 5) is 22.6. The second-order valence-electron chi connectivity index (χ2n) is 8.03. The van der Waals surface area contributed by atoms with Crippen molar-refractivity contribution in [2.24, 2.45) is 11.7 Å². The van der Waals surface area contributed by atoms with Crippen molar-refractivity contribution in [1.29, 1.82) is 0 Å². The molecule has 2 aromatic rings. The fourth-order valence-electron chi connectivity index (χ4n) is 3.74. The van der Waals surface area contributed by atoms with E-state index in [1.807, 2.05) is 24.3 Å². The number of carbonyl (C=O) groups is 2. The van der Waals surface area contributed by atoms with Gasteiger partial charge in [-0.1, -0.05) is 18.2 Å². The Morgan fingerprint density at radius 2 is 1.81 bits per heavy atom. The molecule has 32 heavy (non-hydrogen) atoms. The van der Waals surface area contributed by atoms with Crippen LogP contribution in [-0.4, -0.2) is 50.4 Å². The Balaban J connectivity index is 0.000000354. The van der Waals surface area contributed by atoms with Gasteiger partial charge in [0.05, 0.1) is 25.9 Å². The summed E-state index contributed by atoms with van der Waals surface area (Å²) in [6, 6.07) is 14.3. The van der Waals surface area contributed by atoms with E-state index in [4.69, 9.17) is 24.7 Å². The number of amides is 2. The van der Waals surface area contributed by atoms with Gasteiger partial charge in [-0.3, -0.25) is 9.59 Å². The Labute approximate surface area is 187 Å². The smallest absolute Gasteiger partial charge is 0.251 e. The summed E-state index contributed by atoms with van der Waals surface area (Å²) in [6.45, 7) is 1.17. The Hall–Kier alpha value is -3.10. The van der Waals surface area contributed by atoms with E-state index in [9.17, 15) is 9.59 Å². The monoisotopic (exact) mass is 440 g/mol. The Morgan fingerprint density at radius 1 is 1.03 bits per heavy atom. The van der Waals surface area contributed by atoms with Crippen molar-refractivity contribution in [3.8, 4) is 17.2 Å². The van der Waals surface area contributed by atoms with E-state index >= 15 is 0 Å². The first-order valence-corrected chi connectivity index (χ1v) is 10.8. The van der Waals surface area contributed by atoms with Gasteiger partial charge < -0.3 is 30.0 Å². The third kappa shape index (κ3) is 5.38. The molecule has 2 aliphatic heterocycles. The summed E-state index contributed by atoms with van der Waals surface area (Å²) in [7, 11) is 1.59. The molecule has 3 aliphatic rings. The summed E-state index contributed by atoms with van der Waals surface area (Å²) in [5, 5.41) is 3.01. The summed E-state index contributed by atoms with van der Waals surface area (Å²) in [5.41, 5.74) is 5.39. The van der Waals surface area contributed by atoms with E-state index in [0.29, 0.717) is 36.0 Å². The van der Waals surface area contributed by atoms with Crippen LogP contribution >= 0.6 is 0 Å². The van der Waals surface area contributed by atoms with Crippen LogP contribution in [0.4, 0.5) is 0 Å². The highest BCUT2D eigenvalue weighted by Gasteiger charge is 2.42. The molecule has 5 rings (SSSR count). The van der Waals surface area contributed by atoms with Gasteiger partial charge in [-0.05, 0) is 49.6 Å². The van der Waals surface area contributed by atoms with E-state index in [-0.39, 0.29) is 36.0 Å². The highest BCUT2D eigenvalue weighted by atomic mass is 16.6. The summed E-state index contributed by atoms with van der Waals surface area (Å²) < 4.78 is 22.5. The quantitative estimate of drug-likeness (QED) is 0.715. The third-order valence-corrected chi connectivity index (χ3v) is 5.65. The van der Waals surface area contributed by atoms with Crippen molar-refractivity contribution in [2.75, 3.05) is 20.3 Å². The fourth-order valence-corrected chi connectivity index (χ4v) is 3.74. The first-order valence-electron chi connectivity index (χ1n) is 10.8. The molecule has 0 spiro atoms. The first kappa shape index (κ1) is 22.1. The topological polar surface area (TPSA) is 109 Å². The third-order valence-electron chi connectivity index (χ3n) is 5.65. The highest BCUT2D eigenvalue weighted by molar-refractivity contribution is 5.94. The predicted octanol–water partition coefficient (Wildman–Crippen LogP) is 2.66. The number of methoxy groups -OCH3 is 1. The maximum absolute atomic E-state index is 12.6. The number of nitrogens with two attached hydrogens (primary N) is 1. The minimum Gasteiger partial charge on any atom is -0.493 e. The molecule has 3 N–H and O–H groups in total. The number of carbonyl (C=O) groups excluding carboxylic acids is 2. The zero-order chi connectivity index (χ0) is 22.5. The van der Waals surface area contributed by atoms with E-state index in [0.717, 1.165) is 19.3 Å². The van der Waals surface area contributed by atoms with Crippen molar-refractivity contribution in [3.05, 3.63) is 54.1 Å². The van der Waals surface area contributed by atoms with Crippen LogP contribution in [-0.2, 0) is 14.3 Å². The number of rotatable bonds is 6. The molecule has 0 bridgehead atoms. The molecule has 2 amide bonds. The SMILES string of the molecule is COc1ccccc1Oc1cccc(C(=O)NC2COC3CCOC23)c1.NC(=O)C1CC1. The van der Waals surface area contributed by atoms with E-state index < -0.39 is 0 Å². The van der Waals surface area contributed by atoms with Crippen molar-refractivity contribution in [3.63, 3.8) is 0 Å². The molecule has 1 saturated carbocycles. The molecule has 1 aliphatic carbocycles. The standard InChI is InChI=1S/C20H21NO5.C4H7NO/c1-23-16-7-2-3-8-17(16)26-14-6-4-5-13(11-14)20(22)21-15-12-25-18-9-10-24-19(15)18;5-4(6)3-1-2-3/h2-8,11,15,18-19H,9-10,12H2,1H3,(H,21,22);3H,1-2H2,(H2,5,6). The van der Waals surface area contributed by atoms with Crippen LogP contribution in [0.1, 0.15) is 29.6 Å². The summed E-state index contributed by atoms with van der Waals surface area (Å²) >= 11 is 0. The van der Waals surface area contributed by atoms with E-state index in [1.54, 1.807) is 31.4 Å². The Morgan fingerprint density at radius 3 is 2.50 bits per heavy atom. The van der Waals surface area contributed by atoms with Gasteiger partial charge in [-0.2, -0.15) is 0 Å². The van der Waals surface area contributed by atoms with Gasteiger partial charge in [0.15, 0.2) is 11.5 Å². The van der Waals surface area contributed by atoms with Gasteiger partial charge in [-0.15, -0.1) is 0 Å². The van der Waals surface area contributed by atoms with Crippen LogP contribution in [0.5, 0.6) is 17.2 Å². The maximum Gasteiger partial charge on any atom is 0.251 e. The van der Waals surface area contributed by atoms with Crippen LogP contribution in [0.2, 0.25) is 0 Å². The lowest BCUT2D eigenvalue weighted by Gasteiger charge is -2.17. The maximum atomic E-state index is 12.6. The van der Waals surface area contributed by atoms with Crippen LogP contribution < -0.4 is 20.5 Å². The molecule has 170 valence electrons. The molecule has 2 aromatic carbocycles. The van der Waals surface area contributed by atoms with Crippen molar-refractivity contribution < 1.29 is 28.5 Å². The number of para-hydroxylation sites is 2. The molecule has 2 heterocycles. The minimum atomic E-state index is -0.166. The summed E-state index contributed by atoms with van der Waals surface area (Å²) in [6.07, 6.45) is 2.98. The predicted molar refractivity (Wildman–Crippen MR) is 117 cm³/mol. The molecule has 0 radical (unpaired) electrons. The first-order chi connectivity index (χ1) is 15.5. The van der Waals surface area contributed by atoms with Gasteiger partial charge >= 0.3 is 0 Å². The number of fused-ring (bicyclic) bond motifs is 1. The largest absolute Gasteiger partial charge is 0.493 e. The molecular weight excluding hydrogens is 412 g/mol. The van der Waals surface area contributed by atoms with Crippen LogP contribution in [0.3, 0.4) is 0 Å². The number of nitrogens with one attached hydrogen (secondary N) is 1. The van der Waals surface area contributed by atoms with Gasteiger partial charge in [-0.25, -0.2) is 0 Å². The lowest BCUT2D eigenvalue weighted by Crippen LogP contribution is -2.43. The molecular formula is C24H28N2O6. The van der Waals surface area contributed by atoms with Crippen LogP contribution in [0, 0.1) is 5.92 Å². The molecule has 0 aromatic heterocycles. The van der Waals surface area contributed by atoms with Gasteiger partial charge in [0.2, 0.25) is 5.91 Å². The average Bonchev–Trinajstić information content (AvgIpc) is 3.45. The number of ether oxygens (including phenoxy) is 4. The second-order valence-corrected chi connectivity index (χ2v) is 8.03. The van der Waals surface area contributed by atoms with E-state index in [2.05, 4.69) is 5.32 Å². The van der Waals surface area contributed by atoms with Gasteiger partial charge in [0.25, 0.3) is 5.91 Å². The normalized spacial score (nSPS) is 23.5. The number of hydrogen-bond acceptors (Lipinski definition) is 6. The lowest BCUT2D eigenvalue weighted by molar-refractivity contribution is -0.119. The Kier molecular flexibility index (Phi) is 6.92. The van der Waals surface area contributed by atoms with Crippen molar-refractivity contribution in [2.45, 2.75) is 37.5 Å². The van der Waals surface area contributed by atoms with Crippen LogP contribution in [0.25, 0.3) is 0 Å². The molecule has 8 heteroatoms. The molecule has 3 atom stereocenters. The molecule has 3 unspecified atom stereocenters. The van der Waals surface area contributed by atoms with Crippen molar-refractivity contribution >= 4 is 11.8 Å².